The summed E-state index contributed by atoms with van der Waals surface area (Å²) in [5.41, 5.74) is 5.59. The summed E-state index contributed by atoms with van der Waals surface area (Å²) in [6.45, 7) is 0. The second-order valence-corrected chi connectivity index (χ2v) is 17.2. The molecule has 0 unspecified atom stereocenters. The van der Waals surface area contributed by atoms with Crippen LogP contribution in [0.2, 0.25) is 0 Å². The number of rotatable bonds is 2. The second kappa shape index (κ2) is 6.69. The fourth-order valence-corrected chi connectivity index (χ4v) is 12.5. The molecule has 1 aliphatic heterocycles. The van der Waals surface area contributed by atoms with Gasteiger partial charge in [-0.05, 0) is 0 Å². The van der Waals surface area contributed by atoms with Gasteiger partial charge >= 0.3 is 175 Å². The summed E-state index contributed by atoms with van der Waals surface area (Å²) in [5.74, 6) is 0. The summed E-state index contributed by atoms with van der Waals surface area (Å²) in [6.07, 6.45) is 2.04. The monoisotopic (exact) mass is 444 g/mol. The van der Waals surface area contributed by atoms with Crippen LogP contribution in [0.1, 0.15) is 11.1 Å². The summed E-state index contributed by atoms with van der Waals surface area (Å²) >= 11 is 4.54. The topological polar surface area (TPSA) is 0 Å². The van der Waals surface area contributed by atoms with E-state index < -0.39 is 5.31 Å². The first-order valence-electron chi connectivity index (χ1n) is 9.68. The quantitative estimate of drug-likeness (QED) is 0.295. The normalized spacial score (nSPS) is 18.0. The zero-order valence-corrected chi connectivity index (χ0v) is 18.1. The van der Waals surface area contributed by atoms with Crippen LogP contribution < -0.4 is 10.6 Å². The molecule has 2 heteroatoms. The molecule has 28 heavy (non-hydrogen) atoms. The van der Waals surface area contributed by atoms with Crippen LogP contribution in [0.5, 0.6) is 0 Å². The Morgan fingerprint density at radius 3 is 1.25 bits per heavy atom. The van der Waals surface area contributed by atoms with Gasteiger partial charge in [-0.1, -0.05) is 0 Å². The Morgan fingerprint density at radius 2 is 0.821 bits per heavy atom. The van der Waals surface area contributed by atoms with Crippen LogP contribution in [-0.2, 0) is 12.3 Å². The van der Waals surface area contributed by atoms with E-state index in [1.807, 2.05) is 0 Å². The van der Waals surface area contributed by atoms with E-state index in [9.17, 15) is 0 Å². The maximum atomic E-state index is 4.54. The van der Waals surface area contributed by atoms with Gasteiger partial charge in [-0.15, -0.1) is 0 Å². The molecular weight excluding hydrogens is 423 g/mol. The molecule has 1 heterocycles. The third-order valence-corrected chi connectivity index (χ3v) is 14.9. The first-order chi connectivity index (χ1) is 13.7. The van der Waals surface area contributed by atoms with Crippen LogP contribution in [0.25, 0.3) is 11.1 Å². The van der Waals surface area contributed by atoms with Gasteiger partial charge in [-0.25, -0.2) is 0 Å². The molecule has 0 aliphatic carbocycles. The van der Waals surface area contributed by atoms with E-state index in [1.54, 1.807) is 0 Å². The molecule has 4 aromatic rings. The number of hydrogen-bond acceptors (Lipinski definition) is 0. The van der Waals surface area contributed by atoms with Gasteiger partial charge in [0.15, 0.2) is 0 Å². The molecule has 4 aromatic carbocycles. The van der Waals surface area contributed by atoms with Crippen molar-refractivity contribution < 1.29 is 0 Å². The molecule has 138 valence electrons. The summed E-state index contributed by atoms with van der Waals surface area (Å²) in [5, 5.41) is 0.158. The number of halogens is 1. The molecule has 1 aliphatic rings. The number of hydrogen-bond donors (Lipinski definition) is 0. The second-order valence-electron chi connectivity index (χ2n) is 7.68. The zero-order valence-electron chi connectivity index (χ0n) is 15.6. The van der Waals surface area contributed by atoms with Gasteiger partial charge in [0.1, 0.15) is 0 Å². The Hall–Kier alpha value is -2.21. The van der Waals surface area contributed by atoms with Crippen molar-refractivity contribution in [2.45, 2.75) is 12.3 Å². The van der Waals surface area contributed by atoms with Crippen molar-refractivity contribution in [2.24, 2.45) is 0 Å². The zero-order chi connectivity index (χ0) is 19.1. The van der Waals surface area contributed by atoms with E-state index in [-0.39, 0.29) is 0 Å². The van der Waals surface area contributed by atoms with Gasteiger partial charge in [-0.3, -0.25) is 0 Å². The van der Waals surface area contributed by atoms with Crippen molar-refractivity contribution in [2.75, 3.05) is 0 Å². The Bertz CT molecular complexity index is 1040. The molecular formula is C26H22BrP. The van der Waals surface area contributed by atoms with Gasteiger partial charge < -0.3 is 0 Å². The predicted molar refractivity (Wildman–Crippen MR) is 127 cm³/mol. The number of fused-ring (bicyclic) bond motifs is 3. The van der Waals surface area contributed by atoms with Gasteiger partial charge in [0.25, 0.3) is 0 Å². The predicted octanol–water partition coefficient (Wildman–Crippen LogP) is 6.88. The van der Waals surface area contributed by atoms with Crippen LogP contribution in [-0.4, -0.2) is 0 Å². The summed E-state index contributed by atoms with van der Waals surface area (Å²) < 4.78 is 0. The SMILES string of the molecule is BrP1(c2ccccc2)(c2ccccc2)Cc2ccccc2-c2ccccc2C1. The van der Waals surface area contributed by atoms with Crippen molar-refractivity contribution in [1.82, 2.24) is 0 Å². The molecule has 0 saturated heterocycles. The average Bonchev–Trinajstić information content (AvgIpc) is 2.88. The van der Waals surface area contributed by atoms with E-state index in [2.05, 4.69) is 125 Å². The van der Waals surface area contributed by atoms with Crippen molar-refractivity contribution >= 4 is 31.4 Å². The molecule has 0 fully saturated rings. The first-order valence-corrected chi connectivity index (χ1v) is 14.3. The van der Waals surface area contributed by atoms with Gasteiger partial charge in [0.05, 0.1) is 0 Å². The molecule has 0 amide bonds. The third kappa shape index (κ3) is 2.69. The Labute approximate surface area is 174 Å². The molecule has 0 N–H and O–H groups in total. The van der Waals surface area contributed by atoms with E-state index >= 15 is 0 Å². The van der Waals surface area contributed by atoms with Crippen LogP contribution in [0, 0.1) is 0 Å². The van der Waals surface area contributed by atoms with Crippen molar-refractivity contribution in [3.8, 4) is 11.1 Å². The summed E-state index contributed by atoms with van der Waals surface area (Å²) in [4.78, 5) is 0. The van der Waals surface area contributed by atoms with Crippen LogP contribution in [0.15, 0.2) is 109 Å². The standard InChI is InChI=1S/C26H22BrP/c27-28(23-13-3-1-4-14-23,24-15-5-2-6-16-24)19-21-11-7-9-17-25(21)26-18-10-8-12-22(26)20-28/h1-18H,19-20H2. The van der Waals surface area contributed by atoms with Gasteiger partial charge in [-0.2, -0.15) is 0 Å². The summed E-state index contributed by atoms with van der Waals surface area (Å²) in [6, 6.07) is 40.1. The molecule has 0 radical (unpaired) electrons. The van der Waals surface area contributed by atoms with Crippen molar-refractivity contribution in [3.05, 3.63) is 120 Å². The summed E-state index contributed by atoms with van der Waals surface area (Å²) in [7, 11) is 0. The van der Waals surface area contributed by atoms with Crippen LogP contribution in [0.3, 0.4) is 0 Å². The Morgan fingerprint density at radius 1 is 0.464 bits per heavy atom. The minimum atomic E-state index is -2.69. The van der Waals surface area contributed by atoms with Crippen molar-refractivity contribution in [1.29, 1.82) is 0 Å². The number of benzene rings is 4. The first kappa shape index (κ1) is 17.9. The minimum absolute atomic E-state index is 1.02. The molecule has 0 atom stereocenters. The molecule has 0 spiro atoms. The Balaban J connectivity index is 1.90. The van der Waals surface area contributed by atoms with E-state index in [4.69, 9.17) is 0 Å². The van der Waals surface area contributed by atoms with Gasteiger partial charge in [0, 0.05) is 0 Å². The van der Waals surface area contributed by atoms with E-state index in [0.717, 1.165) is 12.3 Å². The Kier molecular flexibility index (Phi) is 4.27. The fourth-order valence-electron chi connectivity index (χ4n) is 4.66. The molecule has 5 rings (SSSR count). The molecule has 0 aromatic heterocycles. The van der Waals surface area contributed by atoms with E-state index in [1.165, 1.54) is 32.9 Å². The van der Waals surface area contributed by atoms with Crippen molar-refractivity contribution in [3.63, 3.8) is 0 Å². The van der Waals surface area contributed by atoms with Crippen LogP contribution >= 0.6 is 20.8 Å². The van der Waals surface area contributed by atoms with Gasteiger partial charge in [0.2, 0.25) is 0 Å². The van der Waals surface area contributed by atoms with E-state index in [0.29, 0.717) is 0 Å². The molecule has 0 saturated carbocycles. The van der Waals surface area contributed by atoms with Crippen LogP contribution in [0.4, 0.5) is 0 Å². The maximum absolute atomic E-state index is 4.54. The average molecular weight is 445 g/mol. The fraction of sp³-hybridized carbons (Fsp3) is 0.0769. The molecule has 0 bridgehead atoms. The molecule has 0 nitrogen and oxygen atoms in total. The third-order valence-electron chi connectivity index (χ3n) is 6.02.